The summed E-state index contributed by atoms with van der Waals surface area (Å²) in [6.07, 6.45) is 2.37. The smallest absolute Gasteiger partial charge is 0.272 e. The van der Waals surface area contributed by atoms with Crippen molar-refractivity contribution in [1.82, 2.24) is 15.5 Å². The molecule has 118 valence electrons. The van der Waals surface area contributed by atoms with Crippen molar-refractivity contribution < 1.29 is 9.21 Å². The van der Waals surface area contributed by atoms with Crippen LogP contribution >= 0.6 is 15.9 Å². The number of aromatic amines is 1. The quantitative estimate of drug-likeness (QED) is 0.699. The van der Waals surface area contributed by atoms with Gasteiger partial charge in [-0.25, -0.2) is 0 Å². The van der Waals surface area contributed by atoms with Gasteiger partial charge in [0.25, 0.3) is 5.91 Å². The SMILES string of the molecule is CCC(NC(=O)c1cc(-c2ccco2)[nH]n1)c1ccc(Br)cc1. The Hall–Kier alpha value is -2.34. The van der Waals surface area contributed by atoms with Crippen molar-refractivity contribution in [3.8, 4) is 11.5 Å². The van der Waals surface area contributed by atoms with Crippen LogP contribution in [0.15, 0.2) is 57.6 Å². The first kappa shape index (κ1) is 15.6. The first-order valence-corrected chi connectivity index (χ1v) is 8.12. The van der Waals surface area contributed by atoms with Crippen molar-refractivity contribution in [2.45, 2.75) is 19.4 Å². The number of halogens is 1. The predicted molar refractivity (Wildman–Crippen MR) is 90.9 cm³/mol. The van der Waals surface area contributed by atoms with E-state index in [1.807, 2.05) is 37.3 Å². The first-order chi connectivity index (χ1) is 11.2. The zero-order valence-electron chi connectivity index (χ0n) is 12.5. The summed E-state index contributed by atoms with van der Waals surface area (Å²) in [5.41, 5.74) is 2.08. The molecule has 0 aliphatic carbocycles. The maximum atomic E-state index is 12.4. The fourth-order valence-electron chi connectivity index (χ4n) is 2.34. The minimum atomic E-state index is -0.214. The van der Waals surface area contributed by atoms with Gasteiger partial charge in [-0.05, 0) is 36.2 Å². The number of nitrogens with one attached hydrogen (secondary N) is 2. The summed E-state index contributed by atoms with van der Waals surface area (Å²) in [4.78, 5) is 12.4. The van der Waals surface area contributed by atoms with Crippen LogP contribution < -0.4 is 5.32 Å². The Kier molecular flexibility index (Phi) is 4.62. The number of furan rings is 1. The van der Waals surface area contributed by atoms with Gasteiger partial charge < -0.3 is 9.73 Å². The normalized spacial score (nSPS) is 12.1. The molecule has 0 saturated carbocycles. The van der Waals surface area contributed by atoms with Crippen LogP contribution in [-0.4, -0.2) is 16.1 Å². The molecule has 0 radical (unpaired) electrons. The number of aromatic nitrogens is 2. The molecule has 1 aromatic carbocycles. The molecule has 0 bridgehead atoms. The maximum Gasteiger partial charge on any atom is 0.272 e. The molecule has 3 aromatic rings. The molecule has 0 saturated heterocycles. The third-order valence-electron chi connectivity index (χ3n) is 3.58. The van der Waals surface area contributed by atoms with Gasteiger partial charge in [0.1, 0.15) is 5.69 Å². The fraction of sp³-hybridized carbons (Fsp3) is 0.176. The van der Waals surface area contributed by atoms with Gasteiger partial charge in [-0.3, -0.25) is 9.89 Å². The van der Waals surface area contributed by atoms with Gasteiger partial charge in [0, 0.05) is 10.5 Å². The monoisotopic (exact) mass is 373 g/mol. The highest BCUT2D eigenvalue weighted by molar-refractivity contribution is 9.10. The second-order valence-corrected chi connectivity index (χ2v) is 6.05. The van der Waals surface area contributed by atoms with Crippen LogP contribution in [-0.2, 0) is 0 Å². The first-order valence-electron chi connectivity index (χ1n) is 7.33. The van der Waals surface area contributed by atoms with Crippen LogP contribution in [0.2, 0.25) is 0 Å². The van der Waals surface area contributed by atoms with E-state index in [2.05, 4.69) is 31.4 Å². The number of H-pyrrole nitrogens is 1. The van der Waals surface area contributed by atoms with Crippen molar-refractivity contribution in [2.24, 2.45) is 0 Å². The summed E-state index contributed by atoms with van der Waals surface area (Å²) >= 11 is 3.42. The highest BCUT2D eigenvalue weighted by atomic mass is 79.9. The number of nitrogens with zero attached hydrogens (tertiary/aromatic N) is 1. The summed E-state index contributed by atoms with van der Waals surface area (Å²) in [6.45, 7) is 2.03. The average molecular weight is 374 g/mol. The molecule has 3 rings (SSSR count). The topological polar surface area (TPSA) is 70.9 Å². The number of rotatable bonds is 5. The van der Waals surface area contributed by atoms with Crippen molar-refractivity contribution >= 4 is 21.8 Å². The Morgan fingerprint density at radius 3 is 2.78 bits per heavy atom. The molecule has 2 aromatic heterocycles. The van der Waals surface area contributed by atoms with Crippen LogP contribution in [0.1, 0.15) is 35.4 Å². The summed E-state index contributed by atoms with van der Waals surface area (Å²) in [7, 11) is 0. The van der Waals surface area contributed by atoms with Crippen molar-refractivity contribution in [2.75, 3.05) is 0 Å². The second kappa shape index (κ2) is 6.83. The van der Waals surface area contributed by atoms with E-state index in [4.69, 9.17) is 4.42 Å². The number of carbonyl (C=O) groups is 1. The van der Waals surface area contributed by atoms with E-state index in [9.17, 15) is 4.79 Å². The van der Waals surface area contributed by atoms with Gasteiger partial charge in [0.05, 0.1) is 12.3 Å². The van der Waals surface area contributed by atoms with Crippen LogP contribution in [0.5, 0.6) is 0 Å². The Morgan fingerprint density at radius 1 is 1.35 bits per heavy atom. The fourth-order valence-corrected chi connectivity index (χ4v) is 2.61. The standard InChI is InChI=1S/C17H16BrN3O2/c1-2-13(11-5-7-12(18)8-6-11)19-17(22)15-10-14(20-21-15)16-4-3-9-23-16/h3-10,13H,2H2,1H3,(H,19,22)(H,20,21). The van der Waals surface area contributed by atoms with E-state index < -0.39 is 0 Å². The Morgan fingerprint density at radius 2 is 2.13 bits per heavy atom. The van der Waals surface area contributed by atoms with Crippen LogP contribution in [0.4, 0.5) is 0 Å². The lowest BCUT2D eigenvalue weighted by Crippen LogP contribution is -2.28. The lowest BCUT2D eigenvalue weighted by molar-refractivity contribution is 0.0930. The summed E-state index contributed by atoms with van der Waals surface area (Å²) in [5, 5.41) is 9.89. The number of hydrogen-bond acceptors (Lipinski definition) is 3. The van der Waals surface area contributed by atoms with Gasteiger partial charge in [-0.2, -0.15) is 5.10 Å². The zero-order valence-corrected chi connectivity index (χ0v) is 14.1. The number of hydrogen-bond donors (Lipinski definition) is 2. The summed E-state index contributed by atoms with van der Waals surface area (Å²) in [6, 6.07) is 13.2. The lowest BCUT2D eigenvalue weighted by atomic mass is 10.0. The van der Waals surface area contributed by atoms with Crippen LogP contribution in [0, 0.1) is 0 Å². The van der Waals surface area contributed by atoms with Crippen LogP contribution in [0.3, 0.4) is 0 Å². The molecule has 6 heteroatoms. The molecule has 0 fully saturated rings. The zero-order chi connectivity index (χ0) is 16.2. The number of amides is 1. The van der Waals surface area contributed by atoms with E-state index >= 15 is 0 Å². The lowest BCUT2D eigenvalue weighted by Gasteiger charge is -2.16. The molecule has 5 nitrogen and oxygen atoms in total. The predicted octanol–water partition coefficient (Wildman–Crippen LogP) is 4.31. The molecule has 0 aliphatic rings. The second-order valence-electron chi connectivity index (χ2n) is 5.13. The van der Waals surface area contributed by atoms with Gasteiger partial charge in [0.2, 0.25) is 0 Å². The summed E-state index contributed by atoms with van der Waals surface area (Å²) in [5.74, 6) is 0.435. The highest BCUT2D eigenvalue weighted by Gasteiger charge is 2.17. The van der Waals surface area contributed by atoms with Gasteiger partial charge >= 0.3 is 0 Å². The molecule has 0 aliphatic heterocycles. The van der Waals surface area contributed by atoms with Crippen molar-refractivity contribution in [3.05, 3.63) is 64.5 Å². The molecular formula is C17H16BrN3O2. The minimum absolute atomic E-state index is 0.0561. The Balaban J connectivity index is 1.74. The Bertz CT molecular complexity index is 779. The van der Waals surface area contributed by atoms with E-state index in [1.165, 1.54) is 0 Å². The van der Waals surface area contributed by atoms with Gasteiger partial charge in [0.15, 0.2) is 11.5 Å². The molecule has 23 heavy (non-hydrogen) atoms. The average Bonchev–Trinajstić information content (AvgIpc) is 3.24. The van der Waals surface area contributed by atoms with Gasteiger partial charge in [-0.15, -0.1) is 0 Å². The molecule has 1 amide bonds. The van der Waals surface area contributed by atoms with Crippen molar-refractivity contribution in [3.63, 3.8) is 0 Å². The molecule has 2 heterocycles. The molecule has 1 unspecified atom stereocenters. The third kappa shape index (κ3) is 3.53. The van der Waals surface area contributed by atoms with E-state index in [1.54, 1.807) is 18.4 Å². The van der Waals surface area contributed by atoms with Crippen LogP contribution in [0.25, 0.3) is 11.5 Å². The Labute approximate surface area is 142 Å². The molecule has 2 N–H and O–H groups in total. The molecule has 0 spiro atoms. The van der Waals surface area contributed by atoms with E-state index in [0.29, 0.717) is 17.1 Å². The van der Waals surface area contributed by atoms with E-state index in [0.717, 1.165) is 16.5 Å². The van der Waals surface area contributed by atoms with E-state index in [-0.39, 0.29) is 11.9 Å². The molecular weight excluding hydrogens is 358 g/mol. The number of carbonyl (C=O) groups excluding carboxylic acids is 1. The highest BCUT2D eigenvalue weighted by Crippen LogP contribution is 2.21. The molecule has 1 atom stereocenters. The minimum Gasteiger partial charge on any atom is -0.463 e. The number of benzene rings is 1. The van der Waals surface area contributed by atoms with Gasteiger partial charge in [-0.1, -0.05) is 35.0 Å². The summed E-state index contributed by atoms with van der Waals surface area (Å²) < 4.78 is 6.30. The third-order valence-corrected chi connectivity index (χ3v) is 4.11. The van der Waals surface area contributed by atoms with Crippen molar-refractivity contribution in [1.29, 1.82) is 0 Å². The largest absolute Gasteiger partial charge is 0.463 e. The maximum absolute atomic E-state index is 12.4.